The fraction of sp³-hybridized carbons (Fsp3) is 0.444. The van der Waals surface area contributed by atoms with Crippen molar-refractivity contribution in [2.45, 2.75) is 42.7 Å². The molecule has 0 radical (unpaired) electrons. The second-order valence-corrected chi connectivity index (χ2v) is 8.30. The lowest BCUT2D eigenvalue weighted by Gasteiger charge is -2.25. The molecule has 134 valence electrons. The second kappa shape index (κ2) is 6.89. The summed E-state index contributed by atoms with van der Waals surface area (Å²) in [5.74, 6) is 0.637. The number of hydrogen-bond acceptors (Lipinski definition) is 3. The molecule has 1 heterocycles. The largest absolute Gasteiger partial charge is 0.478 e. The number of halogens is 2. The van der Waals surface area contributed by atoms with Crippen LogP contribution in [0.3, 0.4) is 0 Å². The van der Waals surface area contributed by atoms with Crippen LogP contribution in [0.2, 0.25) is 0 Å². The van der Waals surface area contributed by atoms with Crippen molar-refractivity contribution in [3.63, 3.8) is 0 Å². The molecule has 0 bridgehead atoms. The number of ether oxygens (including phenoxy) is 1. The van der Waals surface area contributed by atoms with Crippen molar-refractivity contribution in [3.8, 4) is 5.75 Å². The summed E-state index contributed by atoms with van der Waals surface area (Å²) in [5, 5.41) is 2.88. The third-order valence-corrected chi connectivity index (χ3v) is 5.08. The van der Waals surface area contributed by atoms with Gasteiger partial charge in [0, 0.05) is 31.4 Å². The molecule has 1 N–H and O–H groups in total. The van der Waals surface area contributed by atoms with E-state index >= 15 is 0 Å². The average Bonchev–Trinajstić information content (AvgIpc) is 2.96. The zero-order valence-corrected chi connectivity index (χ0v) is 15.7. The molecule has 1 atom stereocenters. The molecule has 1 aromatic carbocycles. The molecule has 0 saturated heterocycles. The van der Waals surface area contributed by atoms with Crippen molar-refractivity contribution < 1.29 is 9.53 Å². The van der Waals surface area contributed by atoms with E-state index in [1.54, 1.807) is 26.4 Å². The third-order valence-electron chi connectivity index (χ3n) is 4.24. The van der Waals surface area contributed by atoms with Gasteiger partial charge in [0.05, 0.1) is 6.33 Å². The van der Waals surface area contributed by atoms with Crippen LogP contribution in [0.5, 0.6) is 5.75 Å². The van der Waals surface area contributed by atoms with Crippen LogP contribution in [0, 0.1) is 0 Å². The summed E-state index contributed by atoms with van der Waals surface area (Å²) in [6.07, 6.45) is 6.04. The van der Waals surface area contributed by atoms with Gasteiger partial charge in [0.1, 0.15) is 10.1 Å². The number of imidazole rings is 1. The Hall–Kier alpha value is -1.72. The topological polar surface area (TPSA) is 56.1 Å². The summed E-state index contributed by atoms with van der Waals surface area (Å²) in [6, 6.07) is 7.58. The summed E-state index contributed by atoms with van der Waals surface area (Å²) in [5.41, 5.74) is 0.110. The van der Waals surface area contributed by atoms with E-state index in [-0.39, 0.29) is 11.8 Å². The number of carbonyl (C=O) groups excluding carboxylic acids is 1. The normalized spacial score (nSPS) is 18.6. The molecule has 5 nitrogen and oxygen atoms in total. The SMILES string of the molecule is CC(C)(Oc1ccc([C@H]2CC2(Cl)Cl)cc1)C(=O)NCCn1ccnc1. The van der Waals surface area contributed by atoms with Crippen LogP contribution in [0.15, 0.2) is 43.0 Å². The van der Waals surface area contributed by atoms with E-state index in [1.807, 2.05) is 35.0 Å². The highest BCUT2D eigenvalue weighted by atomic mass is 35.5. The van der Waals surface area contributed by atoms with Crippen molar-refractivity contribution in [1.82, 2.24) is 14.9 Å². The minimum absolute atomic E-state index is 0.167. The lowest BCUT2D eigenvalue weighted by molar-refractivity contribution is -0.134. The number of alkyl halides is 2. The van der Waals surface area contributed by atoms with Gasteiger partial charge in [-0.2, -0.15) is 0 Å². The molecule has 1 amide bonds. The highest BCUT2D eigenvalue weighted by Gasteiger charge is 2.52. The maximum Gasteiger partial charge on any atom is 0.263 e. The molecule has 1 aliphatic rings. The average molecular weight is 382 g/mol. The lowest BCUT2D eigenvalue weighted by atomic mass is 10.1. The van der Waals surface area contributed by atoms with E-state index < -0.39 is 9.93 Å². The summed E-state index contributed by atoms with van der Waals surface area (Å²) in [7, 11) is 0. The number of hydrogen-bond donors (Lipinski definition) is 1. The van der Waals surface area contributed by atoms with Crippen LogP contribution in [-0.4, -0.2) is 31.9 Å². The Balaban J connectivity index is 1.52. The molecule has 2 aromatic rings. The number of amides is 1. The number of nitrogens with zero attached hydrogens (tertiary/aromatic N) is 2. The van der Waals surface area contributed by atoms with E-state index in [1.165, 1.54) is 0 Å². The quantitative estimate of drug-likeness (QED) is 0.746. The van der Waals surface area contributed by atoms with Gasteiger partial charge in [-0.25, -0.2) is 4.98 Å². The molecule has 1 fully saturated rings. The van der Waals surface area contributed by atoms with E-state index in [2.05, 4.69) is 10.3 Å². The van der Waals surface area contributed by atoms with Crippen LogP contribution in [-0.2, 0) is 11.3 Å². The van der Waals surface area contributed by atoms with Crippen molar-refractivity contribution in [2.24, 2.45) is 0 Å². The second-order valence-electron chi connectivity index (χ2n) is 6.76. The van der Waals surface area contributed by atoms with Gasteiger partial charge in [-0.1, -0.05) is 12.1 Å². The molecule has 7 heteroatoms. The molecule has 0 unspecified atom stereocenters. The number of rotatable bonds is 7. The first-order chi connectivity index (χ1) is 11.8. The monoisotopic (exact) mass is 381 g/mol. The maximum atomic E-state index is 12.4. The smallest absolute Gasteiger partial charge is 0.263 e. The Morgan fingerprint density at radius 3 is 2.64 bits per heavy atom. The molecule has 1 aromatic heterocycles. The van der Waals surface area contributed by atoms with Crippen molar-refractivity contribution >= 4 is 29.1 Å². The van der Waals surface area contributed by atoms with Gasteiger partial charge in [-0.3, -0.25) is 4.79 Å². The van der Waals surface area contributed by atoms with Crippen LogP contribution >= 0.6 is 23.2 Å². The van der Waals surface area contributed by atoms with E-state index in [0.29, 0.717) is 18.8 Å². The van der Waals surface area contributed by atoms with Gasteiger partial charge >= 0.3 is 0 Å². The van der Waals surface area contributed by atoms with Crippen LogP contribution in [0.4, 0.5) is 0 Å². The Bertz CT molecular complexity index is 727. The molecule has 25 heavy (non-hydrogen) atoms. The third kappa shape index (κ3) is 4.47. The summed E-state index contributed by atoms with van der Waals surface area (Å²) < 4.78 is 7.12. The Morgan fingerprint density at radius 2 is 2.08 bits per heavy atom. The Morgan fingerprint density at radius 1 is 1.40 bits per heavy atom. The maximum absolute atomic E-state index is 12.4. The first-order valence-electron chi connectivity index (χ1n) is 8.19. The number of benzene rings is 1. The summed E-state index contributed by atoms with van der Waals surface area (Å²) in [6.45, 7) is 4.67. The van der Waals surface area contributed by atoms with Gasteiger partial charge in [0.25, 0.3) is 5.91 Å². The summed E-state index contributed by atoms with van der Waals surface area (Å²) in [4.78, 5) is 16.3. The molecule has 1 saturated carbocycles. The standard InChI is InChI=1S/C18H21Cl2N3O2/c1-17(2,16(24)22-8-10-23-9-7-21-12-23)25-14-5-3-13(4-6-14)15-11-18(15,19)20/h3-7,9,12,15H,8,10-11H2,1-2H3,(H,22,24)/t15-/m1/s1. The van der Waals surface area contributed by atoms with Gasteiger partial charge in [-0.15, -0.1) is 23.2 Å². The van der Waals surface area contributed by atoms with Crippen LogP contribution < -0.4 is 10.1 Å². The van der Waals surface area contributed by atoms with E-state index in [0.717, 1.165) is 12.0 Å². The lowest BCUT2D eigenvalue weighted by Crippen LogP contribution is -2.47. The fourth-order valence-corrected chi connectivity index (χ4v) is 3.18. The zero-order valence-electron chi connectivity index (χ0n) is 14.2. The highest BCUT2D eigenvalue weighted by Crippen LogP contribution is 2.59. The van der Waals surface area contributed by atoms with Crippen molar-refractivity contribution in [2.75, 3.05) is 6.54 Å². The minimum atomic E-state index is -0.973. The minimum Gasteiger partial charge on any atom is -0.478 e. The van der Waals surface area contributed by atoms with Gasteiger partial charge in [0.15, 0.2) is 5.60 Å². The van der Waals surface area contributed by atoms with Gasteiger partial charge in [-0.05, 0) is 38.0 Å². The molecule has 1 aliphatic carbocycles. The van der Waals surface area contributed by atoms with Crippen molar-refractivity contribution in [1.29, 1.82) is 0 Å². The van der Waals surface area contributed by atoms with E-state index in [9.17, 15) is 4.79 Å². The molecule has 3 rings (SSSR count). The predicted octanol–water partition coefficient (Wildman–Crippen LogP) is 3.52. The predicted molar refractivity (Wildman–Crippen MR) is 98.2 cm³/mol. The van der Waals surface area contributed by atoms with Gasteiger partial charge in [0.2, 0.25) is 0 Å². The van der Waals surface area contributed by atoms with Crippen molar-refractivity contribution in [3.05, 3.63) is 48.5 Å². The van der Waals surface area contributed by atoms with Crippen LogP contribution in [0.1, 0.15) is 31.7 Å². The van der Waals surface area contributed by atoms with Crippen LogP contribution in [0.25, 0.3) is 0 Å². The van der Waals surface area contributed by atoms with E-state index in [4.69, 9.17) is 27.9 Å². The van der Waals surface area contributed by atoms with Gasteiger partial charge < -0.3 is 14.6 Å². The number of nitrogens with one attached hydrogen (secondary N) is 1. The highest BCUT2D eigenvalue weighted by molar-refractivity contribution is 6.51. The molecule has 0 spiro atoms. The Labute approximate surface area is 157 Å². The number of carbonyl (C=O) groups is 1. The molecule has 0 aliphatic heterocycles. The summed E-state index contributed by atoms with van der Waals surface area (Å²) >= 11 is 12.2. The number of aromatic nitrogens is 2. The zero-order chi connectivity index (χ0) is 18.1. The molecular weight excluding hydrogens is 361 g/mol. The fourth-order valence-electron chi connectivity index (χ4n) is 2.61. The Kier molecular flexibility index (Phi) is 4.98. The molecular formula is C18H21Cl2N3O2. The first-order valence-corrected chi connectivity index (χ1v) is 8.94. The first kappa shape index (κ1) is 18.1.